The number of carbonyl (C=O) groups is 1. The monoisotopic (exact) mass is 278 g/mol. The molecule has 0 aliphatic carbocycles. The Morgan fingerprint density at radius 2 is 2.15 bits per heavy atom. The largest absolute Gasteiger partial charge is 0.444 e. The number of hydrogen-bond donors (Lipinski definition) is 1. The summed E-state index contributed by atoms with van der Waals surface area (Å²) in [6.45, 7) is 8.12. The van der Waals surface area contributed by atoms with E-state index in [1.807, 2.05) is 39.8 Å². The van der Waals surface area contributed by atoms with Crippen molar-refractivity contribution in [3.63, 3.8) is 0 Å². The third-order valence-corrected chi connectivity index (χ3v) is 3.35. The van der Waals surface area contributed by atoms with Crippen LogP contribution in [0.2, 0.25) is 0 Å². The van der Waals surface area contributed by atoms with Crippen molar-refractivity contribution in [2.75, 3.05) is 13.1 Å². The Morgan fingerprint density at radius 1 is 1.45 bits per heavy atom. The van der Waals surface area contributed by atoms with E-state index < -0.39 is 11.2 Å². The summed E-state index contributed by atoms with van der Waals surface area (Å²) in [5, 5.41) is 10.7. The van der Waals surface area contributed by atoms with Crippen LogP contribution >= 0.6 is 0 Å². The minimum atomic E-state index is -1.03. The maximum atomic E-state index is 12.0. The zero-order valence-corrected chi connectivity index (χ0v) is 12.5. The molecule has 0 saturated carbocycles. The van der Waals surface area contributed by atoms with Gasteiger partial charge in [-0.25, -0.2) is 4.79 Å². The van der Waals surface area contributed by atoms with E-state index >= 15 is 0 Å². The second kappa shape index (κ2) is 5.05. The Hall–Kier alpha value is -1.62. The molecule has 1 aromatic rings. The zero-order chi connectivity index (χ0) is 15.0. The maximum Gasteiger partial charge on any atom is 0.410 e. The summed E-state index contributed by atoms with van der Waals surface area (Å²) in [5.74, 6) is 0. The predicted molar refractivity (Wildman–Crippen MR) is 75.3 cm³/mol. The maximum absolute atomic E-state index is 12.0. The third kappa shape index (κ3) is 3.28. The first-order valence-corrected chi connectivity index (χ1v) is 6.83. The van der Waals surface area contributed by atoms with Gasteiger partial charge in [0.1, 0.15) is 11.2 Å². The van der Waals surface area contributed by atoms with E-state index in [1.54, 1.807) is 11.1 Å². The number of pyridine rings is 1. The smallest absolute Gasteiger partial charge is 0.410 e. The molecule has 1 fully saturated rings. The van der Waals surface area contributed by atoms with E-state index in [-0.39, 0.29) is 12.6 Å². The average Bonchev–Trinajstić information content (AvgIpc) is 2.72. The molecule has 1 aliphatic rings. The Morgan fingerprint density at radius 3 is 2.70 bits per heavy atom. The summed E-state index contributed by atoms with van der Waals surface area (Å²) in [7, 11) is 0. The lowest BCUT2D eigenvalue weighted by molar-refractivity contribution is 0.0139. The summed E-state index contributed by atoms with van der Waals surface area (Å²) in [6, 6.07) is 3.73. The molecule has 1 amide bonds. The van der Waals surface area contributed by atoms with Gasteiger partial charge in [-0.1, -0.05) is 6.07 Å². The number of aromatic nitrogens is 1. The molecule has 0 spiro atoms. The van der Waals surface area contributed by atoms with Crippen LogP contribution in [0.5, 0.6) is 0 Å². The van der Waals surface area contributed by atoms with Crippen LogP contribution in [0.4, 0.5) is 4.79 Å². The molecule has 5 heteroatoms. The summed E-state index contributed by atoms with van der Waals surface area (Å²) < 4.78 is 5.33. The lowest BCUT2D eigenvalue weighted by atomic mass is 9.94. The van der Waals surface area contributed by atoms with E-state index in [1.165, 1.54) is 0 Å². The van der Waals surface area contributed by atoms with Crippen LogP contribution in [-0.2, 0) is 10.3 Å². The van der Waals surface area contributed by atoms with Crippen molar-refractivity contribution in [1.82, 2.24) is 9.88 Å². The van der Waals surface area contributed by atoms with Gasteiger partial charge in [0, 0.05) is 24.0 Å². The number of hydrogen-bond acceptors (Lipinski definition) is 4. The zero-order valence-electron chi connectivity index (χ0n) is 12.5. The Labute approximate surface area is 119 Å². The lowest BCUT2D eigenvalue weighted by Crippen LogP contribution is -2.38. The number of aliphatic hydroxyl groups is 1. The Balaban J connectivity index is 2.07. The fourth-order valence-electron chi connectivity index (χ4n) is 2.25. The van der Waals surface area contributed by atoms with Crippen molar-refractivity contribution in [3.8, 4) is 0 Å². The molecular formula is C15H22N2O3. The first-order chi connectivity index (χ1) is 9.20. The van der Waals surface area contributed by atoms with Crippen LogP contribution in [0, 0.1) is 6.92 Å². The molecule has 20 heavy (non-hydrogen) atoms. The topological polar surface area (TPSA) is 62.7 Å². The standard InChI is InChI=1S/C15H22N2O3/c1-11-5-6-12(9-16-11)15(19)7-8-17(10-15)13(18)20-14(2,3)4/h5-6,9,19H,7-8,10H2,1-4H3. The van der Waals surface area contributed by atoms with Gasteiger partial charge in [-0.3, -0.25) is 4.98 Å². The summed E-state index contributed by atoms with van der Waals surface area (Å²) in [5.41, 5.74) is 0.0920. The van der Waals surface area contributed by atoms with Crippen molar-refractivity contribution in [1.29, 1.82) is 0 Å². The van der Waals surface area contributed by atoms with Crippen LogP contribution in [0.3, 0.4) is 0 Å². The highest BCUT2D eigenvalue weighted by atomic mass is 16.6. The summed E-state index contributed by atoms with van der Waals surface area (Å²) in [6.07, 6.45) is 1.79. The number of carbonyl (C=O) groups excluding carboxylic acids is 1. The number of amides is 1. The molecule has 0 aromatic carbocycles. The number of ether oxygens (including phenoxy) is 1. The van der Waals surface area contributed by atoms with Gasteiger partial charge in [0.25, 0.3) is 0 Å². The van der Waals surface area contributed by atoms with Gasteiger partial charge in [0.15, 0.2) is 0 Å². The lowest BCUT2D eigenvalue weighted by Gasteiger charge is -2.26. The van der Waals surface area contributed by atoms with Crippen molar-refractivity contribution < 1.29 is 14.6 Å². The van der Waals surface area contributed by atoms with Gasteiger partial charge < -0.3 is 14.7 Å². The summed E-state index contributed by atoms with van der Waals surface area (Å²) in [4.78, 5) is 17.8. The average molecular weight is 278 g/mol. The molecule has 1 aliphatic heterocycles. The van der Waals surface area contributed by atoms with Crippen molar-refractivity contribution in [2.45, 2.75) is 45.3 Å². The van der Waals surface area contributed by atoms with Crippen LogP contribution < -0.4 is 0 Å². The van der Waals surface area contributed by atoms with Gasteiger partial charge in [0.2, 0.25) is 0 Å². The molecule has 110 valence electrons. The summed E-state index contributed by atoms with van der Waals surface area (Å²) >= 11 is 0. The Kier molecular flexibility index (Phi) is 3.73. The quantitative estimate of drug-likeness (QED) is 0.855. The predicted octanol–water partition coefficient (Wildman–Crippen LogP) is 2.22. The van der Waals surface area contributed by atoms with Crippen LogP contribution in [0.15, 0.2) is 18.3 Å². The molecule has 1 saturated heterocycles. The SMILES string of the molecule is Cc1ccc(C2(O)CCN(C(=O)OC(C)(C)C)C2)cn1. The van der Waals surface area contributed by atoms with Crippen LogP contribution in [0.1, 0.15) is 38.4 Å². The third-order valence-electron chi connectivity index (χ3n) is 3.35. The van der Waals surface area contributed by atoms with Crippen LogP contribution in [0.25, 0.3) is 0 Å². The van der Waals surface area contributed by atoms with Crippen molar-refractivity contribution >= 4 is 6.09 Å². The number of β-amino-alcohol motifs (C(OH)–C–C–N with tert-alkyl or cyclic N) is 1. The molecule has 0 bridgehead atoms. The minimum Gasteiger partial charge on any atom is -0.444 e. The van der Waals surface area contributed by atoms with Gasteiger partial charge in [-0.05, 0) is 40.2 Å². The molecule has 1 atom stereocenters. The van der Waals surface area contributed by atoms with E-state index in [4.69, 9.17) is 4.74 Å². The molecular weight excluding hydrogens is 256 g/mol. The first-order valence-electron chi connectivity index (χ1n) is 6.83. The van der Waals surface area contributed by atoms with E-state index in [0.29, 0.717) is 13.0 Å². The highest BCUT2D eigenvalue weighted by Gasteiger charge is 2.41. The highest BCUT2D eigenvalue weighted by molar-refractivity contribution is 5.68. The number of aryl methyl sites for hydroxylation is 1. The van der Waals surface area contributed by atoms with Gasteiger partial charge in [-0.2, -0.15) is 0 Å². The second-order valence-electron chi connectivity index (χ2n) is 6.37. The molecule has 1 N–H and O–H groups in total. The number of rotatable bonds is 1. The molecule has 1 unspecified atom stereocenters. The fraction of sp³-hybridized carbons (Fsp3) is 0.600. The van der Waals surface area contributed by atoms with Gasteiger partial charge in [-0.15, -0.1) is 0 Å². The van der Waals surface area contributed by atoms with Gasteiger partial charge >= 0.3 is 6.09 Å². The first kappa shape index (κ1) is 14.8. The van der Waals surface area contributed by atoms with Crippen molar-refractivity contribution in [3.05, 3.63) is 29.6 Å². The van der Waals surface area contributed by atoms with Gasteiger partial charge in [0.05, 0.1) is 6.54 Å². The molecule has 2 heterocycles. The fourth-order valence-corrected chi connectivity index (χ4v) is 2.25. The minimum absolute atomic E-state index is 0.243. The molecule has 0 radical (unpaired) electrons. The Bertz CT molecular complexity index is 493. The normalized spacial score (nSPS) is 22.9. The second-order valence-corrected chi connectivity index (χ2v) is 6.37. The van der Waals surface area contributed by atoms with Crippen LogP contribution in [-0.4, -0.2) is 39.8 Å². The van der Waals surface area contributed by atoms with E-state index in [0.717, 1.165) is 11.3 Å². The van der Waals surface area contributed by atoms with E-state index in [9.17, 15) is 9.90 Å². The molecule has 2 rings (SSSR count). The number of likely N-dealkylation sites (tertiary alicyclic amines) is 1. The van der Waals surface area contributed by atoms with Crippen molar-refractivity contribution in [2.24, 2.45) is 0 Å². The molecule has 1 aromatic heterocycles. The van der Waals surface area contributed by atoms with E-state index in [2.05, 4.69) is 4.98 Å². The molecule has 5 nitrogen and oxygen atoms in total. The number of nitrogens with zero attached hydrogens (tertiary/aromatic N) is 2. The highest BCUT2D eigenvalue weighted by Crippen LogP contribution is 2.32.